The Bertz CT molecular complexity index is 527. The Morgan fingerprint density at radius 3 is 3.06 bits per heavy atom. The van der Waals surface area contributed by atoms with E-state index in [-0.39, 0.29) is 5.82 Å². The highest BCUT2D eigenvalue weighted by Crippen LogP contribution is 2.27. The highest BCUT2D eigenvalue weighted by molar-refractivity contribution is 9.10. The van der Waals surface area contributed by atoms with Gasteiger partial charge in [-0.3, -0.25) is 0 Å². The fourth-order valence-electron chi connectivity index (χ4n) is 1.58. The predicted octanol–water partition coefficient (Wildman–Crippen LogP) is 4.21. The van der Waals surface area contributed by atoms with E-state index in [0.717, 1.165) is 29.0 Å². The van der Waals surface area contributed by atoms with Crippen LogP contribution in [-0.2, 0) is 6.54 Å². The molecule has 0 radical (unpaired) electrons. The number of rotatable bonds is 5. The van der Waals surface area contributed by atoms with Crippen LogP contribution in [0.5, 0.6) is 0 Å². The molecule has 2 nitrogen and oxygen atoms in total. The molecule has 0 bridgehead atoms. The van der Waals surface area contributed by atoms with Crippen LogP contribution in [0.4, 0.5) is 4.39 Å². The minimum Gasteiger partial charge on any atom is -0.310 e. The average Bonchev–Trinajstić information content (AvgIpc) is 2.81. The minimum absolute atomic E-state index is 0.239. The van der Waals surface area contributed by atoms with Gasteiger partial charge in [-0.25, -0.2) is 9.37 Å². The Hall–Kier alpha value is -0.780. The van der Waals surface area contributed by atoms with Gasteiger partial charge in [-0.1, -0.05) is 22.9 Å². The van der Waals surface area contributed by atoms with E-state index in [1.54, 1.807) is 23.5 Å². The third-order valence-corrected chi connectivity index (χ3v) is 3.80. The van der Waals surface area contributed by atoms with Crippen molar-refractivity contribution in [1.82, 2.24) is 10.3 Å². The second-order valence-electron chi connectivity index (χ2n) is 3.93. The molecule has 0 saturated carbocycles. The molecule has 1 aromatic heterocycles. The third kappa shape index (κ3) is 3.37. The van der Waals surface area contributed by atoms with E-state index in [1.807, 2.05) is 5.38 Å². The van der Waals surface area contributed by atoms with Crippen molar-refractivity contribution in [2.24, 2.45) is 0 Å². The molecule has 5 heteroatoms. The lowest BCUT2D eigenvalue weighted by Gasteiger charge is -2.00. The summed E-state index contributed by atoms with van der Waals surface area (Å²) < 4.78 is 14.6. The summed E-state index contributed by atoms with van der Waals surface area (Å²) in [6.07, 6.45) is 1.10. The molecular formula is C13H14BrFN2S. The minimum atomic E-state index is -0.239. The lowest BCUT2D eigenvalue weighted by Crippen LogP contribution is -2.13. The summed E-state index contributed by atoms with van der Waals surface area (Å²) in [5.41, 5.74) is 1.24. The molecule has 0 spiro atoms. The molecule has 0 amide bonds. The number of hydrogen-bond acceptors (Lipinski definition) is 3. The standard InChI is InChI=1S/C13H14BrFN2S/c1-2-5-16-7-13-17-12(8-18-13)10-6-9(14)3-4-11(10)15/h3-4,6,8,16H,2,5,7H2,1H3. The second-order valence-corrected chi connectivity index (χ2v) is 5.79. The number of nitrogens with one attached hydrogen (secondary N) is 1. The highest BCUT2D eigenvalue weighted by atomic mass is 79.9. The van der Waals surface area contributed by atoms with Crippen LogP contribution >= 0.6 is 27.3 Å². The third-order valence-electron chi connectivity index (χ3n) is 2.46. The first kappa shape index (κ1) is 13.6. The van der Waals surface area contributed by atoms with Gasteiger partial charge in [0.15, 0.2) is 0 Å². The molecule has 0 aliphatic carbocycles. The fourth-order valence-corrected chi connectivity index (χ4v) is 2.71. The monoisotopic (exact) mass is 328 g/mol. The van der Waals surface area contributed by atoms with Crippen LogP contribution in [0.2, 0.25) is 0 Å². The molecule has 1 heterocycles. The maximum Gasteiger partial charge on any atom is 0.132 e. The Morgan fingerprint density at radius 2 is 2.28 bits per heavy atom. The first-order chi connectivity index (χ1) is 8.70. The van der Waals surface area contributed by atoms with Gasteiger partial charge < -0.3 is 5.32 Å². The van der Waals surface area contributed by atoms with E-state index >= 15 is 0 Å². The summed E-state index contributed by atoms with van der Waals surface area (Å²) in [7, 11) is 0. The van der Waals surface area contributed by atoms with Gasteiger partial charge in [0.1, 0.15) is 10.8 Å². The summed E-state index contributed by atoms with van der Waals surface area (Å²) in [6, 6.07) is 4.90. The topological polar surface area (TPSA) is 24.9 Å². The summed E-state index contributed by atoms with van der Waals surface area (Å²) in [5.74, 6) is -0.239. The molecule has 0 atom stereocenters. The summed E-state index contributed by atoms with van der Waals surface area (Å²) >= 11 is 4.90. The SMILES string of the molecule is CCCNCc1nc(-c2cc(Br)ccc2F)cs1. The number of thiazole rings is 1. The van der Waals surface area contributed by atoms with Gasteiger partial charge in [0.25, 0.3) is 0 Å². The molecule has 96 valence electrons. The number of halogens is 2. The smallest absolute Gasteiger partial charge is 0.132 e. The maximum atomic E-state index is 13.7. The maximum absolute atomic E-state index is 13.7. The van der Waals surface area contributed by atoms with Crippen LogP contribution in [0.3, 0.4) is 0 Å². The van der Waals surface area contributed by atoms with E-state index in [2.05, 4.69) is 33.2 Å². The molecule has 0 aliphatic heterocycles. The van der Waals surface area contributed by atoms with Gasteiger partial charge in [0.05, 0.1) is 5.69 Å². The van der Waals surface area contributed by atoms with E-state index in [9.17, 15) is 4.39 Å². The quantitative estimate of drug-likeness (QED) is 0.831. The Balaban J connectivity index is 2.16. The first-order valence-corrected chi connectivity index (χ1v) is 7.48. The van der Waals surface area contributed by atoms with Crippen molar-refractivity contribution in [3.05, 3.63) is 38.9 Å². The van der Waals surface area contributed by atoms with Gasteiger partial charge in [-0.2, -0.15) is 0 Å². The summed E-state index contributed by atoms with van der Waals surface area (Å²) in [4.78, 5) is 4.45. The first-order valence-electron chi connectivity index (χ1n) is 5.81. The molecule has 2 aromatic rings. The van der Waals surface area contributed by atoms with E-state index in [0.29, 0.717) is 11.3 Å². The summed E-state index contributed by atoms with van der Waals surface area (Å²) in [6.45, 7) is 3.84. The second kappa shape index (κ2) is 6.41. The predicted molar refractivity (Wildman–Crippen MR) is 77.2 cm³/mol. The molecule has 2 rings (SSSR count). The Labute approximate surface area is 118 Å². The van der Waals surface area contributed by atoms with Crippen molar-refractivity contribution in [3.8, 4) is 11.3 Å². The van der Waals surface area contributed by atoms with Crippen LogP contribution < -0.4 is 5.32 Å². The number of benzene rings is 1. The van der Waals surface area contributed by atoms with Gasteiger partial charge in [0.2, 0.25) is 0 Å². The van der Waals surface area contributed by atoms with E-state index in [1.165, 1.54) is 6.07 Å². The van der Waals surface area contributed by atoms with Gasteiger partial charge in [-0.05, 0) is 31.2 Å². The molecule has 1 aromatic carbocycles. The van der Waals surface area contributed by atoms with Crippen molar-refractivity contribution in [3.63, 3.8) is 0 Å². The van der Waals surface area contributed by atoms with E-state index < -0.39 is 0 Å². The normalized spacial score (nSPS) is 10.8. The lowest BCUT2D eigenvalue weighted by molar-refractivity contribution is 0.630. The highest BCUT2D eigenvalue weighted by Gasteiger charge is 2.09. The zero-order valence-electron chi connectivity index (χ0n) is 10.0. The van der Waals surface area contributed by atoms with Gasteiger partial charge >= 0.3 is 0 Å². The molecule has 0 fully saturated rings. The number of hydrogen-bond donors (Lipinski definition) is 1. The van der Waals surface area contributed by atoms with Crippen molar-refractivity contribution >= 4 is 27.3 Å². The van der Waals surface area contributed by atoms with E-state index in [4.69, 9.17) is 0 Å². The van der Waals surface area contributed by atoms with Crippen LogP contribution in [0.15, 0.2) is 28.1 Å². The number of nitrogens with zero attached hydrogens (tertiary/aromatic N) is 1. The molecular weight excluding hydrogens is 315 g/mol. The molecule has 1 N–H and O–H groups in total. The fraction of sp³-hybridized carbons (Fsp3) is 0.308. The van der Waals surface area contributed by atoms with Crippen LogP contribution in [0.25, 0.3) is 11.3 Å². The van der Waals surface area contributed by atoms with Gasteiger partial charge in [-0.15, -0.1) is 11.3 Å². The van der Waals surface area contributed by atoms with Crippen molar-refractivity contribution < 1.29 is 4.39 Å². The van der Waals surface area contributed by atoms with Crippen molar-refractivity contribution in [2.45, 2.75) is 19.9 Å². The Kier molecular flexibility index (Phi) is 4.86. The van der Waals surface area contributed by atoms with Crippen LogP contribution in [-0.4, -0.2) is 11.5 Å². The van der Waals surface area contributed by atoms with Crippen LogP contribution in [0, 0.1) is 5.82 Å². The zero-order valence-corrected chi connectivity index (χ0v) is 12.4. The Morgan fingerprint density at radius 1 is 1.44 bits per heavy atom. The van der Waals surface area contributed by atoms with Gasteiger partial charge in [0, 0.05) is 22.0 Å². The molecule has 0 unspecified atom stereocenters. The number of aromatic nitrogens is 1. The lowest BCUT2D eigenvalue weighted by atomic mass is 10.1. The molecule has 18 heavy (non-hydrogen) atoms. The van der Waals surface area contributed by atoms with Crippen molar-refractivity contribution in [1.29, 1.82) is 0 Å². The zero-order chi connectivity index (χ0) is 13.0. The molecule has 0 aliphatic rings. The average molecular weight is 329 g/mol. The molecule has 0 saturated heterocycles. The van der Waals surface area contributed by atoms with Crippen LogP contribution in [0.1, 0.15) is 18.4 Å². The summed E-state index contributed by atoms with van der Waals surface area (Å²) in [5, 5.41) is 6.17. The largest absolute Gasteiger partial charge is 0.310 e. The van der Waals surface area contributed by atoms with Crippen molar-refractivity contribution in [2.75, 3.05) is 6.54 Å².